The Morgan fingerprint density at radius 2 is 2.00 bits per heavy atom. The minimum Gasteiger partial charge on any atom is -0.388 e. The molecule has 1 N–H and O–H groups in total. The lowest BCUT2D eigenvalue weighted by molar-refractivity contribution is -0.384. The highest BCUT2D eigenvalue weighted by Crippen LogP contribution is 2.26. The predicted octanol–water partition coefficient (Wildman–Crippen LogP) is 3.41. The van der Waals surface area contributed by atoms with E-state index in [9.17, 15) is 23.3 Å². The summed E-state index contributed by atoms with van der Waals surface area (Å²) < 4.78 is 37.8. The molecule has 1 aromatic carbocycles. The number of halogens is 3. The summed E-state index contributed by atoms with van der Waals surface area (Å²) in [6.07, 6.45) is -4.31. The Kier molecular flexibility index (Phi) is 5.54. The lowest BCUT2D eigenvalue weighted by atomic mass is 10.1. The number of anilines is 1. The van der Waals surface area contributed by atoms with Crippen molar-refractivity contribution in [3.63, 3.8) is 0 Å². The van der Waals surface area contributed by atoms with E-state index in [0.717, 1.165) is 0 Å². The zero-order valence-corrected chi connectivity index (χ0v) is 12.1. The fourth-order valence-corrected chi connectivity index (χ4v) is 1.94. The van der Waals surface area contributed by atoms with Crippen LogP contribution in [0.4, 0.5) is 24.5 Å². The van der Waals surface area contributed by atoms with E-state index in [1.54, 1.807) is 20.9 Å². The quantitative estimate of drug-likeness (QED) is 0.646. The predicted molar refractivity (Wildman–Crippen MR) is 74.2 cm³/mol. The Hall–Kier alpha value is -1.83. The molecule has 1 aromatic rings. The summed E-state index contributed by atoms with van der Waals surface area (Å²) in [5, 5.41) is 13.6. The molecule has 0 aliphatic heterocycles. The summed E-state index contributed by atoms with van der Waals surface area (Å²) in [5.41, 5.74) is 0.901. The summed E-state index contributed by atoms with van der Waals surface area (Å²) in [4.78, 5) is 11.5. The van der Waals surface area contributed by atoms with Crippen LogP contribution in [0.5, 0.6) is 0 Å². The van der Waals surface area contributed by atoms with Gasteiger partial charge in [0.15, 0.2) is 0 Å². The second-order valence-corrected chi connectivity index (χ2v) is 4.96. The minimum atomic E-state index is -4.31. The van der Waals surface area contributed by atoms with Crippen LogP contribution in [0, 0.1) is 10.1 Å². The van der Waals surface area contributed by atoms with Crippen molar-refractivity contribution in [2.45, 2.75) is 32.6 Å². The molecule has 0 spiro atoms. The molecule has 0 unspecified atom stereocenters. The smallest absolute Gasteiger partial charge is 0.388 e. The van der Waals surface area contributed by atoms with Gasteiger partial charge in [-0.15, -0.1) is 0 Å². The third kappa shape index (κ3) is 5.22. The molecule has 0 fully saturated rings. The lowest BCUT2D eigenvalue weighted by Crippen LogP contribution is -2.38. The molecule has 0 aromatic heterocycles. The van der Waals surface area contributed by atoms with E-state index in [1.807, 2.05) is 0 Å². The number of nitro benzene ring substituents is 1. The van der Waals surface area contributed by atoms with E-state index in [1.165, 1.54) is 23.1 Å². The molecule has 0 saturated carbocycles. The van der Waals surface area contributed by atoms with Gasteiger partial charge in [-0.2, -0.15) is 13.2 Å². The van der Waals surface area contributed by atoms with Crippen LogP contribution in [0.2, 0.25) is 0 Å². The van der Waals surface area contributed by atoms with Gasteiger partial charge in [0.05, 0.1) is 11.5 Å². The first kappa shape index (κ1) is 17.2. The molecule has 0 radical (unpaired) electrons. The van der Waals surface area contributed by atoms with E-state index < -0.39 is 17.6 Å². The van der Waals surface area contributed by atoms with E-state index in [2.05, 4.69) is 5.32 Å². The summed E-state index contributed by atoms with van der Waals surface area (Å²) in [6, 6.07) is 3.78. The van der Waals surface area contributed by atoms with Gasteiger partial charge in [-0.05, 0) is 25.5 Å². The van der Waals surface area contributed by atoms with Crippen LogP contribution in [0.3, 0.4) is 0 Å². The summed E-state index contributed by atoms with van der Waals surface area (Å²) in [6.45, 7) is 2.23. The highest BCUT2D eigenvalue weighted by Gasteiger charge is 2.32. The fraction of sp³-hybridized carbons (Fsp3) is 0.538. The van der Waals surface area contributed by atoms with Crippen LogP contribution in [0.15, 0.2) is 18.2 Å². The molecule has 0 saturated heterocycles. The largest absolute Gasteiger partial charge is 0.401 e. The van der Waals surface area contributed by atoms with Crippen molar-refractivity contribution in [2.75, 3.05) is 18.9 Å². The fourth-order valence-electron chi connectivity index (χ4n) is 1.94. The third-order valence-electron chi connectivity index (χ3n) is 3.06. The van der Waals surface area contributed by atoms with Gasteiger partial charge in [0, 0.05) is 37.5 Å². The van der Waals surface area contributed by atoms with Crippen LogP contribution in [-0.2, 0) is 6.54 Å². The Balaban J connectivity index is 3.06. The van der Waals surface area contributed by atoms with Gasteiger partial charge in [-0.3, -0.25) is 15.0 Å². The number of non-ortho nitro benzene ring substituents is 1. The maximum Gasteiger partial charge on any atom is 0.401 e. The average molecular weight is 305 g/mol. The molecule has 0 bridgehead atoms. The van der Waals surface area contributed by atoms with Crippen LogP contribution < -0.4 is 5.32 Å². The van der Waals surface area contributed by atoms with Gasteiger partial charge in [0.25, 0.3) is 5.69 Å². The van der Waals surface area contributed by atoms with Gasteiger partial charge in [0.2, 0.25) is 0 Å². The summed E-state index contributed by atoms with van der Waals surface area (Å²) >= 11 is 0. The van der Waals surface area contributed by atoms with Crippen LogP contribution in [-0.4, -0.2) is 35.6 Å². The number of benzene rings is 1. The number of hydrogen-bond acceptors (Lipinski definition) is 4. The molecule has 0 heterocycles. The van der Waals surface area contributed by atoms with E-state index in [-0.39, 0.29) is 18.3 Å². The minimum absolute atomic E-state index is 0.0188. The first-order valence-corrected chi connectivity index (χ1v) is 6.40. The number of rotatable bonds is 6. The number of alkyl halides is 3. The zero-order chi connectivity index (χ0) is 16.2. The van der Waals surface area contributed by atoms with Crippen molar-refractivity contribution in [1.29, 1.82) is 0 Å². The van der Waals surface area contributed by atoms with Gasteiger partial charge < -0.3 is 5.32 Å². The highest BCUT2D eigenvalue weighted by molar-refractivity contribution is 5.55. The normalized spacial score (nSPS) is 12.0. The van der Waals surface area contributed by atoms with Crippen LogP contribution >= 0.6 is 0 Å². The second-order valence-electron chi connectivity index (χ2n) is 4.96. The zero-order valence-electron chi connectivity index (χ0n) is 12.1. The van der Waals surface area contributed by atoms with Crippen LogP contribution in [0.25, 0.3) is 0 Å². The third-order valence-corrected chi connectivity index (χ3v) is 3.06. The molecule has 118 valence electrons. The highest BCUT2D eigenvalue weighted by atomic mass is 19.4. The molecule has 0 aliphatic carbocycles. The Morgan fingerprint density at radius 3 is 2.43 bits per heavy atom. The van der Waals surface area contributed by atoms with Crippen molar-refractivity contribution in [3.8, 4) is 0 Å². The average Bonchev–Trinajstić information content (AvgIpc) is 2.36. The van der Waals surface area contributed by atoms with E-state index >= 15 is 0 Å². The van der Waals surface area contributed by atoms with E-state index in [0.29, 0.717) is 11.3 Å². The first-order chi connectivity index (χ1) is 9.64. The molecule has 21 heavy (non-hydrogen) atoms. The Labute approximate surface area is 120 Å². The monoisotopic (exact) mass is 305 g/mol. The molecule has 0 amide bonds. The standard InChI is InChI=1S/C13H18F3N3O2/c1-9(2)18(8-13(14,15)16)7-10-6-11(19(20)21)4-5-12(10)17-3/h4-6,9,17H,7-8H2,1-3H3. The summed E-state index contributed by atoms with van der Waals surface area (Å²) in [5.74, 6) is 0. The number of nitrogens with zero attached hydrogens (tertiary/aromatic N) is 2. The van der Waals surface area contributed by atoms with Crippen molar-refractivity contribution in [3.05, 3.63) is 33.9 Å². The molecule has 0 aliphatic rings. The molecular formula is C13H18F3N3O2. The Morgan fingerprint density at radius 1 is 1.38 bits per heavy atom. The Bertz CT molecular complexity index is 504. The van der Waals surface area contributed by atoms with Crippen molar-refractivity contribution in [2.24, 2.45) is 0 Å². The number of nitrogens with one attached hydrogen (secondary N) is 1. The summed E-state index contributed by atoms with van der Waals surface area (Å²) in [7, 11) is 1.62. The molecular weight excluding hydrogens is 287 g/mol. The molecule has 5 nitrogen and oxygen atoms in total. The molecule has 8 heteroatoms. The van der Waals surface area contributed by atoms with E-state index in [4.69, 9.17) is 0 Å². The van der Waals surface area contributed by atoms with Crippen LogP contribution in [0.1, 0.15) is 19.4 Å². The number of hydrogen-bond donors (Lipinski definition) is 1. The number of nitro groups is 1. The topological polar surface area (TPSA) is 58.4 Å². The van der Waals surface area contributed by atoms with Crippen molar-refractivity contribution in [1.82, 2.24) is 4.90 Å². The SMILES string of the molecule is CNc1ccc([N+](=O)[O-])cc1CN(CC(F)(F)F)C(C)C. The molecule has 1 rings (SSSR count). The second kappa shape index (κ2) is 6.75. The van der Waals surface area contributed by atoms with Gasteiger partial charge in [-0.25, -0.2) is 0 Å². The van der Waals surface area contributed by atoms with Crippen molar-refractivity contribution >= 4 is 11.4 Å². The van der Waals surface area contributed by atoms with Crippen molar-refractivity contribution < 1.29 is 18.1 Å². The maximum absolute atomic E-state index is 12.6. The van der Waals surface area contributed by atoms with Gasteiger partial charge in [0.1, 0.15) is 0 Å². The maximum atomic E-state index is 12.6. The lowest BCUT2D eigenvalue weighted by Gasteiger charge is -2.28. The first-order valence-electron chi connectivity index (χ1n) is 6.40. The molecule has 0 atom stereocenters. The van der Waals surface area contributed by atoms with Gasteiger partial charge >= 0.3 is 6.18 Å². The van der Waals surface area contributed by atoms with Gasteiger partial charge in [-0.1, -0.05) is 0 Å².